The molecule has 0 saturated carbocycles. The number of Topliss-reactive ketones (excluding diaryl/α,β-unsaturated/α-hetero) is 1. The van der Waals surface area contributed by atoms with Gasteiger partial charge in [0, 0.05) is 61.9 Å². The van der Waals surface area contributed by atoms with Crippen LogP contribution in [-0.4, -0.2) is 54.0 Å². The fourth-order valence-electron chi connectivity index (χ4n) is 4.59. The number of para-hydroxylation sites is 1. The Hall–Kier alpha value is -3.02. The van der Waals surface area contributed by atoms with Crippen molar-refractivity contribution < 1.29 is 14.3 Å². The van der Waals surface area contributed by atoms with Gasteiger partial charge in [0.05, 0.1) is 6.61 Å². The molecule has 4 rings (SSSR count). The van der Waals surface area contributed by atoms with E-state index >= 15 is 0 Å². The van der Waals surface area contributed by atoms with Crippen molar-refractivity contribution in [2.45, 2.75) is 26.7 Å². The molecule has 1 aromatic carbocycles. The van der Waals surface area contributed by atoms with E-state index in [1.165, 1.54) is 5.69 Å². The first-order valence-electron chi connectivity index (χ1n) is 10.7. The topological polar surface area (TPSA) is 54.8 Å². The lowest BCUT2D eigenvalue weighted by Crippen LogP contribution is -2.44. The Bertz CT molecular complexity index is 983. The number of nitrogens with zero attached hydrogens (tertiary/aromatic N) is 3. The van der Waals surface area contributed by atoms with E-state index in [2.05, 4.69) is 34.1 Å². The van der Waals surface area contributed by atoms with Crippen LogP contribution in [0.1, 0.15) is 45.4 Å². The van der Waals surface area contributed by atoms with Crippen LogP contribution in [0.3, 0.4) is 0 Å². The highest BCUT2D eigenvalue weighted by Crippen LogP contribution is 2.32. The standard InChI is InChI=1S/C24H29N3O3/c1-4-30-24(29)22-17(2)21-20(25(22)3)11-10-18(23(21)28)16-26-12-14-27(15-13-26)19-8-6-5-7-9-19/h5-9,16H,4,10-15H2,1-3H3/b18-16+. The summed E-state index contributed by atoms with van der Waals surface area (Å²) in [5.74, 6) is -0.312. The highest BCUT2D eigenvalue weighted by Gasteiger charge is 2.32. The summed E-state index contributed by atoms with van der Waals surface area (Å²) in [6.07, 6.45) is 3.50. The predicted molar refractivity (Wildman–Crippen MR) is 117 cm³/mol. The Morgan fingerprint density at radius 2 is 1.80 bits per heavy atom. The number of carbonyl (C=O) groups is 2. The van der Waals surface area contributed by atoms with E-state index in [1.807, 2.05) is 30.8 Å². The average molecular weight is 408 g/mol. The van der Waals surface area contributed by atoms with Crippen LogP contribution >= 0.6 is 0 Å². The molecular weight excluding hydrogens is 378 g/mol. The van der Waals surface area contributed by atoms with E-state index in [4.69, 9.17) is 4.74 Å². The second kappa shape index (κ2) is 8.38. The summed E-state index contributed by atoms with van der Waals surface area (Å²) < 4.78 is 7.04. The zero-order chi connectivity index (χ0) is 21.3. The van der Waals surface area contributed by atoms with Crippen molar-refractivity contribution in [2.24, 2.45) is 7.05 Å². The molecule has 0 atom stereocenters. The minimum atomic E-state index is -0.359. The second-order valence-electron chi connectivity index (χ2n) is 7.92. The molecule has 6 heteroatoms. The Morgan fingerprint density at radius 1 is 1.10 bits per heavy atom. The van der Waals surface area contributed by atoms with Crippen molar-refractivity contribution in [3.05, 3.63) is 64.6 Å². The molecule has 1 saturated heterocycles. The molecule has 2 aliphatic rings. The zero-order valence-electron chi connectivity index (χ0n) is 18.0. The van der Waals surface area contributed by atoms with Gasteiger partial charge >= 0.3 is 5.97 Å². The molecule has 2 aromatic rings. The molecule has 1 aliphatic carbocycles. The summed E-state index contributed by atoms with van der Waals surface area (Å²) >= 11 is 0. The van der Waals surface area contributed by atoms with Gasteiger partial charge in [-0.2, -0.15) is 0 Å². The lowest BCUT2D eigenvalue weighted by atomic mass is 9.89. The van der Waals surface area contributed by atoms with Crippen LogP contribution in [0.4, 0.5) is 5.69 Å². The van der Waals surface area contributed by atoms with Crippen molar-refractivity contribution in [1.82, 2.24) is 9.47 Å². The minimum absolute atomic E-state index is 0.0467. The van der Waals surface area contributed by atoms with Gasteiger partial charge in [-0.15, -0.1) is 0 Å². The predicted octanol–water partition coefficient (Wildman–Crippen LogP) is 3.35. The average Bonchev–Trinajstić information content (AvgIpc) is 3.02. The third-order valence-electron chi connectivity index (χ3n) is 6.15. The van der Waals surface area contributed by atoms with Crippen molar-refractivity contribution in [2.75, 3.05) is 37.7 Å². The quantitative estimate of drug-likeness (QED) is 0.575. The van der Waals surface area contributed by atoms with Crippen LogP contribution in [0.5, 0.6) is 0 Å². The number of piperazine rings is 1. The van der Waals surface area contributed by atoms with Gasteiger partial charge in [0.1, 0.15) is 5.69 Å². The van der Waals surface area contributed by atoms with Crippen LogP contribution in [-0.2, 0) is 18.2 Å². The first-order valence-corrected chi connectivity index (χ1v) is 10.7. The number of ether oxygens (including phenoxy) is 1. The van der Waals surface area contributed by atoms with Gasteiger partial charge in [0.25, 0.3) is 0 Å². The lowest BCUT2D eigenvalue weighted by molar-refractivity contribution is 0.0514. The monoisotopic (exact) mass is 407 g/mol. The van der Waals surface area contributed by atoms with Crippen molar-refractivity contribution in [3.8, 4) is 0 Å². The molecule has 1 aliphatic heterocycles. The van der Waals surface area contributed by atoms with Gasteiger partial charge in [0.15, 0.2) is 5.78 Å². The smallest absolute Gasteiger partial charge is 0.355 e. The van der Waals surface area contributed by atoms with Gasteiger partial charge in [0.2, 0.25) is 0 Å². The summed E-state index contributed by atoms with van der Waals surface area (Å²) in [5, 5.41) is 0. The number of hydrogen-bond donors (Lipinski definition) is 0. The number of ketones is 1. The summed E-state index contributed by atoms with van der Waals surface area (Å²) in [6, 6.07) is 10.4. The second-order valence-corrected chi connectivity index (χ2v) is 7.92. The van der Waals surface area contributed by atoms with E-state index in [0.29, 0.717) is 24.3 Å². The van der Waals surface area contributed by atoms with Gasteiger partial charge in [-0.25, -0.2) is 4.79 Å². The van der Waals surface area contributed by atoms with E-state index in [0.717, 1.165) is 49.4 Å². The molecular formula is C24H29N3O3. The van der Waals surface area contributed by atoms with Crippen LogP contribution in [0.15, 0.2) is 42.1 Å². The van der Waals surface area contributed by atoms with Crippen molar-refractivity contribution in [1.29, 1.82) is 0 Å². The molecule has 6 nitrogen and oxygen atoms in total. The van der Waals surface area contributed by atoms with Crippen molar-refractivity contribution in [3.63, 3.8) is 0 Å². The van der Waals surface area contributed by atoms with E-state index in [-0.39, 0.29) is 11.8 Å². The molecule has 2 heterocycles. The molecule has 0 unspecified atom stereocenters. The maximum atomic E-state index is 13.3. The normalized spacial score (nSPS) is 18.0. The highest BCUT2D eigenvalue weighted by atomic mass is 16.5. The molecule has 0 amide bonds. The van der Waals surface area contributed by atoms with Gasteiger partial charge in [-0.05, 0) is 44.4 Å². The number of anilines is 1. The molecule has 30 heavy (non-hydrogen) atoms. The summed E-state index contributed by atoms with van der Waals surface area (Å²) in [6.45, 7) is 7.61. The molecule has 158 valence electrons. The molecule has 1 aromatic heterocycles. The molecule has 1 fully saturated rings. The number of aromatic nitrogens is 1. The lowest BCUT2D eigenvalue weighted by Gasteiger charge is -2.36. The van der Waals surface area contributed by atoms with Gasteiger partial charge in [-0.3, -0.25) is 4.79 Å². The molecule has 0 radical (unpaired) electrons. The summed E-state index contributed by atoms with van der Waals surface area (Å²) in [4.78, 5) is 30.3. The van der Waals surface area contributed by atoms with E-state index in [9.17, 15) is 9.59 Å². The fraction of sp³-hybridized carbons (Fsp3) is 0.417. The Morgan fingerprint density at radius 3 is 2.47 bits per heavy atom. The molecule has 0 N–H and O–H groups in total. The number of allylic oxidation sites excluding steroid dienone is 1. The maximum Gasteiger partial charge on any atom is 0.355 e. The number of carbonyl (C=O) groups excluding carboxylic acids is 2. The Labute approximate surface area is 177 Å². The fourth-order valence-corrected chi connectivity index (χ4v) is 4.59. The van der Waals surface area contributed by atoms with Crippen LogP contribution < -0.4 is 4.90 Å². The van der Waals surface area contributed by atoms with Crippen molar-refractivity contribution >= 4 is 17.4 Å². The highest BCUT2D eigenvalue weighted by molar-refractivity contribution is 6.13. The minimum Gasteiger partial charge on any atom is -0.461 e. The van der Waals surface area contributed by atoms with Crippen LogP contribution in [0, 0.1) is 6.92 Å². The number of hydrogen-bond acceptors (Lipinski definition) is 5. The van der Waals surface area contributed by atoms with Crippen LogP contribution in [0.25, 0.3) is 0 Å². The third kappa shape index (κ3) is 3.62. The zero-order valence-corrected chi connectivity index (χ0v) is 18.0. The number of fused-ring (bicyclic) bond motifs is 1. The molecule has 0 bridgehead atoms. The first kappa shape index (κ1) is 20.3. The van der Waals surface area contributed by atoms with Gasteiger partial charge < -0.3 is 19.1 Å². The number of rotatable bonds is 4. The first-order chi connectivity index (χ1) is 14.5. The summed E-state index contributed by atoms with van der Waals surface area (Å²) in [7, 11) is 1.85. The number of benzene rings is 1. The largest absolute Gasteiger partial charge is 0.461 e. The SMILES string of the molecule is CCOC(=O)c1c(C)c2c(n1C)CC/C(=C\N1CCN(c3ccccc3)CC1)C2=O. The van der Waals surface area contributed by atoms with E-state index < -0.39 is 0 Å². The van der Waals surface area contributed by atoms with E-state index in [1.54, 1.807) is 6.92 Å². The maximum absolute atomic E-state index is 13.3. The Kier molecular flexibility index (Phi) is 5.66. The Balaban J connectivity index is 1.51. The number of esters is 1. The van der Waals surface area contributed by atoms with Crippen LogP contribution in [0.2, 0.25) is 0 Å². The van der Waals surface area contributed by atoms with Gasteiger partial charge in [-0.1, -0.05) is 18.2 Å². The summed E-state index contributed by atoms with van der Waals surface area (Å²) in [5.41, 5.74) is 4.92. The third-order valence-corrected chi connectivity index (χ3v) is 6.15. The molecule has 0 spiro atoms.